The van der Waals surface area contributed by atoms with Crippen LogP contribution in [0, 0.1) is 6.92 Å². The largest absolute Gasteiger partial charge is 0.504 e. The van der Waals surface area contributed by atoms with Gasteiger partial charge in [-0.3, -0.25) is 14.5 Å². The molecule has 1 heterocycles. The molecule has 3 aromatic carbocycles. The van der Waals surface area contributed by atoms with E-state index in [0.717, 1.165) is 31.2 Å². The Balaban J connectivity index is 1.62. The van der Waals surface area contributed by atoms with Crippen LogP contribution in [0.5, 0.6) is 23.0 Å². The zero-order valence-corrected chi connectivity index (χ0v) is 21.6. The lowest BCUT2D eigenvalue weighted by atomic mass is 10.00. The predicted molar refractivity (Wildman–Crippen MR) is 143 cm³/mol. The number of carbonyl (C=O) groups is 2. The van der Waals surface area contributed by atoms with E-state index in [-0.39, 0.29) is 29.4 Å². The second-order valence-corrected chi connectivity index (χ2v) is 9.69. The van der Waals surface area contributed by atoms with Gasteiger partial charge in [0.1, 0.15) is 19.3 Å². The van der Waals surface area contributed by atoms with Crippen LogP contribution >= 0.6 is 0 Å². The highest BCUT2D eigenvalue weighted by atomic mass is 16.6. The summed E-state index contributed by atoms with van der Waals surface area (Å²) in [5.41, 5.74) is 2.47. The third-order valence-corrected chi connectivity index (χ3v) is 7.05. The van der Waals surface area contributed by atoms with E-state index in [0.29, 0.717) is 41.5 Å². The van der Waals surface area contributed by atoms with E-state index < -0.39 is 6.04 Å². The number of amides is 2. The van der Waals surface area contributed by atoms with Crippen LogP contribution in [0.4, 0.5) is 5.69 Å². The van der Waals surface area contributed by atoms with Gasteiger partial charge in [0.2, 0.25) is 5.91 Å². The fourth-order valence-corrected chi connectivity index (χ4v) is 5.04. The number of phenolic OH excluding ortho intramolecular Hbond substituents is 1. The first-order valence-electron chi connectivity index (χ1n) is 12.9. The molecule has 0 saturated heterocycles. The summed E-state index contributed by atoms with van der Waals surface area (Å²) in [6.45, 7) is 2.81. The van der Waals surface area contributed by atoms with Crippen LogP contribution < -0.4 is 24.4 Å². The third kappa shape index (κ3) is 5.25. The van der Waals surface area contributed by atoms with Crippen molar-refractivity contribution in [3.8, 4) is 23.0 Å². The molecule has 1 atom stereocenters. The van der Waals surface area contributed by atoms with Gasteiger partial charge in [-0.1, -0.05) is 36.6 Å². The molecule has 0 aromatic heterocycles. The van der Waals surface area contributed by atoms with Gasteiger partial charge in [0.05, 0.1) is 7.11 Å². The first-order valence-corrected chi connectivity index (χ1v) is 12.9. The molecule has 0 unspecified atom stereocenters. The quantitative estimate of drug-likeness (QED) is 0.462. The normalized spacial score (nSPS) is 15.5. The van der Waals surface area contributed by atoms with E-state index in [2.05, 4.69) is 5.32 Å². The molecule has 1 aliphatic carbocycles. The highest BCUT2D eigenvalue weighted by Crippen LogP contribution is 2.37. The fraction of sp³-hybridized carbons (Fsp3) is 0.333. The van der Waals surface area contributed by atoms with Gasteiger partial charge in [-0.25, -0.2) is 0 Å². The minimum atomic E-state index is -1.02. The minimum Gasteiger partial charge on any atom is -0.504 e. The molecule has 198 valence electrons. The Bertz CT molecular complexity index is 1320. The van der Waals surface area contributed by atoms with Gasteiger partial charge in [-0.15, -0.1) is 0 Å². The lowest BCUT2D eigenvalue weighted by Gasteiger charge is -2.33. The Morgan fingerprint density at radius 2 is 1.68 bits per heavy atom. The second kappa shape index (κ2) is 11.0. The van der Waals surface area contributed by atoms with Crippen molar-refractivity contribution in [1.82, 2.24) is 5.32 Å². The van der Waals surface area contributed by atoms with E-state index in [9.17, 15) is 14.7 Å². The molecule has 0 radical (unpaired) electrons. The van der Waals surface area contributed by atoms with Crippen LogP contribution in [0.1, 0.15) is 53.2 Å². The number of ether oxygens (including phenoxy) is 3. The number of hydrogen-bond acceptors (Lipinski definition) is 6. The topological polar surface area (TPSA) is 97.3 Å². The standard InChI is InChI=1S/C30H32N2O6/c1-19-7-11-23(12-8-19)32(30(35)21-10-14-25-27(18-21)38-16-15-37-25)28(29(34)31-22-5-3-4-6-22)20-9-13-24(33)26(17-20)36-2/h7-14,17-18,22,28,33H,3-6,15-16H2,1-2H3,(H,31,34)/t28-/m0/s1. The van der Waals surface area contributed by atoms with Crippen molar-refractivity contribution in [1.29, 1.82) is 0 Å². The molecule has 1 saturated carbocycles. The molecular weight excluding hydrogens is 484 g/mol. The number of hydrogen-bond donors (Lipinski definition) is 2. The highest BCUT2D eigenvalue weighted by molar-refractivity contribution is 6.10. The zero-order valence-electron chi connectivity index (χ0n) is 21.6. The number of nitrogens with zero attached hydrogens (tertiary/aromatic N) is 1. The summed E-state index contributed by atoms with van der Waals surface area (Å²) in [6.07, 6.45) is 3.91. The Morgan fingerprint density at radius 1 is 0.974 bits per heavy atom. The van der Waals surface area contributed by atoms with Gasteiger partial charge < -0.3 is 24.6 Å². The monoisotopic (exact) mass is 516 g/mol. The van der Waals surface area contributed by atoms with Crippen molar-refractivity contribution in [2.45, 2.75) is 44.7 Å². The lowest BCUT2D eigenvalue weighted by molar-refractivity contribution is -0.123. The molecule has 0 spiro atoms. The van der Waals surface area contributed by atoms with Gasteiger partial charge in [0.15, 0.2) is 23.0 Å². The summed E-state index contributed by atoms with van der Waals surface area (Å²) in [6, 6.07) is 16.3. The van der Waals surface area contributed by atoms with Crippen molar-refractivity contribution in [2.75, 3.05) is 25.2 Å². The molecular formula is C30H32N2O6. The molecule has 2 amide bonds. The first-order chi connectivity index (χ1) is 18.4. The fourth-order valence-electron chi connectivity index (χ4n) is 5.04. The van der Waals surface area contributed by atoms with Crippen LogP contribution in [0.25, 0.3) is 0 Å². The van der Waals surface area contributed by atoms with Crippen LogP contribution in [0.2, 0.25) is 0 Å². The predicted octanol–water partition coefficient (Wildman–Crippen LogP) is 4.93. The summed E-state index contributed by atoms with van der Waals surface area (Å²) in [5, 5.41) is 13.4. The summed E-state index contributed by atoms with van der Waals surface area (Å²) in [7, 11) is 1.45. The lowest BCUT2D eigenvalue weighted by Crippen LogP contribution is -2.46. The van der Waals surface area contributed by atoms with Gasteiger partial charge >= 0.3 is 0 Å². The average molecular weight is 517 g/mol. The van der Waals surface area contributed by atoms with Crippen LogP contribution in [-0.2, 0) is 4.79 Å². The number of aromatic hydroxyl groups is 1. The molecule has 8 heteroatoms. The number of carbonyl (C=O) groups excluding carboxylic acids is 2. The smallest absolute Gasteiger partial charge is 0.259 e. The Morgan fingerprint density at radius 3 is 2.39 bits per heavy atom. The van der Waals surface area contributed by atoms with E-state index in [1.807, 2.05) is 31.2 Å². The number of nitrogens with one attached hydrogen (secondary N) is 1. The van der Waals surface area contributed by atoms with Crippen LogP contribution in [0.15, 0.2) is 60.7 Å². The van der Waals surface area contributed by atoms with E-state index in [4.69, 9.17) is 14.2 Å². The Kier molecular flexibility index (Phi) is 7.40. The third-order valence-electron chi connectivity index (χ3n) is 7.05. The first kappa shape index (κ1) is 25.4. The second-order valence-electron chi connectivity index (χ2n) is 9.69. The Labute approximate surface area is 222 Å². The summed E-state index contributed by atoms with van der Waals surface area (Å²) in [4.78, 5) is 29.7. The molecule has 3 aromatic rings. The average Bonchev–Trinajstić information content (AvgIpc) is 3.45. The van der Waals surface area contributed by atoms with E-state index in [1.165, 1.54) is 18.1 Å². The number of aryl methyl sites for hydroxylation is 1. The van der Waals surface area contributed by atoms with Crippen molar-refractivity contribution in [3.63, 3.8) is 0 Å². The number of phenols is 1. The maximum absolute atomic E-state index is 14.3. The highest BCUT2D eigenvalue weighted by Gasteiger charge is 2.36. The van der Waals surface area contributed by atoms with Gasteiger partial charge in [-0.2, -0.15) is 0 Å². The molecule has 2 aliphatic rings. The Hall–Kier alpha value is -4.20. The number of fused-ring (bicyclic) bond motifs is 1. The molecule has 2 N–H and O–H groups in total. The maximum atomic E-state index is 14.3. The molecule has 1 aliphatic heterocycles. The number of anilines is 1. The summed E-state index contributed by atoms with van der Waals surface area (Å²) < 4.78 is 16.7. The molecule has 8 nitrogen and oxygen atoms in total. The molecule has 0 bridgehead atoms. The van der Waals surface area contributed by atoms with Crippen molar-refractivity contribution < 1.29 is 28.9 Å². The van der Waals surface area contributed by atoms with E-state index in [1.54, 1.807) is 30.3 Å². The van der Waals surface area contributed by atoms with Gasteiger partial charge in [-0.05, 0) is 67.8 Å². The van der Waals surface area contributed by atoms with Crippen molar-refractivity contribution >= 4 is 17.5 Å². The van der Waals surface area contributed by atoms with Crippen molar-refractivity contribution in [2.24, 2.45) is 0 Å². The SMILES string of the molecule is COc1cc([C@@H](C(=O)NC2CCCC2)N(C(=O)c2ccc3c(c2)OCCO3)c2ccc(C)cc2)ccc1O. The van der Waals surface area contributed by atoms with Crippen LogP contribution in [-0.4, -0.2) is 43.3 Å². The maximum Gasteiger partial charge on any atom is 0.259 e. The molecule has 1 fully saturated rings. The molecule has 38 heavy (non-hydrogen) atoms. The zero-order chi connectivity index (χ0) is 26.6. The number of benzene rings is 3. The number of methoxy groups -OCH3 is 1. The van der Waals surface area contributed by atoms with Crippen LogP contribution in [0.3, 0.4) is 0 Å². The summed E-state index contributed by atoms with van der Waals surface area (Å²) >= 11 is 0. The van der Waals surface area contributed by atoms with Crippen molar-refractivity contribution in [3.05, 3.63) is 77.4 Å². The minimum absolute atomic E-state index is 0.0493. The van der Waals surface area contributed by atoms with Gasteiger partial charge in [0.25, 0.3) is 5.91 Å². The number of rotatable bonds is 7. The van der Waals surface area contributed by atoms with E-state index >= 15 is 0 Å². The molecule has 5 rings (SSSR count). The van der Waals surface area contributed by atoms with Gasteiger partial charge in [0, 0.05) is 17.3 Å². The summed E-state index contributed by atoms with van der Waals surface area (Å²) in [5.74, 6) is 0.571.